The summed E-state index contributed by atoms with van der Waals surface area (Å²) in [5.41, 5.74) is -0.546. The lowest BCUT2D eigenvalue weighted by Crippen LogP contribution is -2.34. The van der Waals surface area contributed by atoms with Crippen molar-refractivity contribution in [3.8, 4) is 6.07 Å². The monoisotopic (exact) mass is 187 g/mol. The van der Waals surface area contributed by atoms with E-state index in [0.29, 0.717) is 26.1 Å². The van der Waals surface area contributed by atoms with Crippen LogP contribution < -0.4 is 0 Å². The second kappa shape index (κ2) is 6.84. The Morgan fingerprint density at radius 2 is 2.00 bits per heavy atom. The van der Waals surface area contributed by atoms with Crippen molar-refractivity contribution in [1.82, 2.24) is 0 Å². The van der Waals surface area contributed by atoms with Gasteiger partial charge in [0.15, 0.2) is 0 Å². The van der Waals surface area contributed by atoms with Crippen LogP contribution in [0.1, 0.15) is 19.8 Å². The zero-order valence-corrected chi connectivity index (χ0v) is 7.99. The van der Waals surface area contributed by atoms with Crippen LogP contribution in [0.15, 0.2) is 0 Å². The molecule has 0 rings (SSSR count). The molecule has 0 aromatic carbocycles. The molecule has 4 nitrogen and oxygen atoms in total. The molecular formula is C9H17NO3. The maximum Gasteiger partial charge on any atom is 0.0645 e. The molecule has 0 heterocycles. The molecule has 0 amide bonds. The van der Waals surface area contributed by atoms with E-state index in [0.717, 1.165) is 0 Å². The SMILES string of the molecule is CCC(CO)(CO)COCCC#N. The smallest absolute Gasteiger partial charge is 0.0645 e. The molecule has 0 aliphatic heterocycles. The Labute approximate surface area is 78.8 Å². The number of nitriles is 1. The first-order valence-corrected chi connectivity index (χ1v) is 4.41. The highest BCUT2D eigenvalue weighted by molar-refractivity contribution is 4.76. The fourth-order valence-electron chi connectivity index (χ4n) is 0.873. The van der Waals surface area contributed by atoms with Crippen LogP contribution in [0.25, 0.3) is 0 Å². The summed E-state index contributed by atoms with van der Waals surface area (Å²) in [5, 5.41) is 26.3. The zero-order valence-electron chi connectivity index (χ0n) is 7.99. The van der Waals surface area contributed by atoms with E-state index in [1.165, 1.54) is 0 Å². The molecule has 0 bridgehead atoms. The average Bonchev–Trinajstić information content (AvgIpc) is 2.20. The largest absolute Gasteiger partial charge is 0.396 e. The summed E-state index contributed by atoms with van der Waals surface area (Å²) in [6.45, 7) is 2.37. The van der Waals surface area contributed by atoms with E-state index in [1.54, 1.807) is 0 Å². The highest BCUT2D eigenvalue weighted by Crippen LogP contribution is 2.20. The average molecular weight is 187 g/mol. The van der Waals surface area contributed by atoms with Gasteiger partial charge in [-0.3, -0.25) is 0 Å². The number of ether oxygens (including phenoxy) is 1. The second-order valence-electron chi connectivity index (χ2n) is 3.13. The highest BCUT2D eigenvalue weighted by Gasteiger charge is 2.26. The topological polar surface area (TPSA) is 73.5 Å². The molecule has 76 valence electrons. The molecule has 0 fully saturated rings. The molecule has 0 aliphatic carbocycles. The van der Waals surface area contributed by atoms with Gasteiger partial charge in [0.2, 0.25) is 0 Å². The maximum atomic E-state index is 9.03. The van der Waals surface area contributed by atoms with Gasteiger partial charge in [0, 0.05) is 5.41 Å². The van der Waals surface area contributed by atoms with E-state index in [-0.39, 0.29) is 13.2 Å². The normalized spacial score (nSPS) is 11.2. The Balaban J connectivity index is 3.76. The van der Waals surface area contributed by atoms with Crippen LogP contribution in [0.3, 0.4) is 0 Å². The Morgan fingerprint density at radius 1 is 1.38 bits per heavy atom. The summed E-state index contributed by atoms with van der Waals surface area (Å²) in [6.07, 6.45) is 1.00. The van der Waals surface area contributed by atoms with Crippen LogP contribution in [0.2, 0.25) is 0 Å². The third kappa shape index (κ3) is 4.23. The number of hydrogen-bond donors (Lipinski definition) is 2. The van der Waals surface area contributed by atoms with E-state index in [4.69, 9.17) is 20.2 Å². The van der Waals surface area contributed by atoms with Gasteiger partial charge in [-0.05, 0) is 6.42 Å². The summed E-state index contributed by atoms with van der Waals surface area (Å²) in [7, 11) is 0. The number of nitrogens with zero attached hydrogens (tertiary/aromatic N) is 1. The lowest BCUT2D eigenvalue weighted by atomic mass is 9.88. The fraction of sp³-hybridized carbons (Fsp3) is 0.889. The van der Waals surface area contributed by atoms with E-state index in [2.05, 4.69) is 0 Å². The molecule has 0 aromatic heterocycles. The second-order valence-corrected chi connectivity index (χ2v) is 3.13. The van der Waals surface area contributed by atoms with Crippen molar-refractivity contribution in [2.45, 2.75) is 19.8 Å². The van der Waals surface area contributed by atoms with Gasteiger partial charge in [0.1, 0.15) is 0 Å². The first-order valence-electron chi connectivity index (χ1n) is 4.41. The fourth-order valence-corrected chi connectivity index (χ4v) is 0.873. The summed E-state index contributed by atoms with van der Waals surface area (Å²) >= 11 is 0. The van der Waals surface area contributed by atoms with Crippen LogP contribution in [-0.2, 0) is 4.74 Å². The molecule has 13 heavy (non-hydrogen) atoms. The highest BCUT2D eigenvalue weighted by atomic mass is 16.5. The summed E-state index contributed by atoms with van der Waals surface area (Å²) in [6, 6.07) is 1.96. The molecular weight excluding hydrogens is 170 g/mol. The van der Waals surface area contributed by atoms with Crippen LogP contribution in [-0.4, -0.2) is 36.6 Å². The van der Waals surface area contributed by atoms with Crippen molar-refractivity contribution in [1.29, 1.82) is 5.26 Å². The Bertz CT molecular complexity index is 152. The Hall–Kier alpha value is -0.630. The molecule has 0 saturated carbocycles. The van der Waals surface area contributed by atoms with Gasteiger partial charge >= 0.3 is 0 Å². The van der Waals surface area contributed by atoms with Crippen LogP contribution in [0, 0.1) is 16.7 Å². The lowest BCUT2D eigenvalue weighted by molar-refractivity contribution is -0.0285. The van der Waals surface area contributed by atoms with Crippen molar-refractivity contribution in [2.75, 3.05) is 26.4 Å². The van der Waals surface area contributed by atoms with E-state index in [1.807, 2.05) is 13.0 Å². The van der Waals surface area contributed by atoms with Crippen molar-refractivity contribution < 1.29 is 14.9 Å². The van der Waals surface area contributed by atoms with E-state index in [9.17, 15) is 0 Å². The zero-order chi connectivity index (χ0) is 10.2. The minimum absolute atomic E-state index is 0.0907. The van der Waals surface area contributed by atoms with Crippen LogP contribution >= 0.6 is 0 Å². The van der Waals surface area contributed by atoms with Gasteiger partial charge in [-0.15, -0.1) is 0 Å². The van der Waals surface area contributed by atoms with E-state index < -0.39 is 5.41 Å². The summed E-state index contributed by atoms with van der Waals surface area (Å²) in [4.78, 5) is 0. The van der Waals surface area contributed by atoms with Gasteiger partial charge in [-0.25, -0.2) is 0 Å². The molecule has 0 atom stereocenters. The minimum Gasteiger partial charge on any atom is -0.396 e. The number of aliphatic hydroxyl groups excluding tert-OH is 2. The summed E-state index contributed by atoms with van der Waals surface area (Å²) < 4.78 is 5.17. The number of hydrogen-bond acceptors (Lipinski definition) is 4. The predicted molar refractivity (Wildman–Crippen MR) is 47.9 cm³/mol. The molecule has 0 saturated heterocycles. The van der Waals surface area contributed by atoms with E-state index >= 15 is 0 Å². The quantitative estimate of drug-likeness (QED) is 0.562. The molecule has 4 heteroatoms. The van der Waals surface area contributed by atoms with Crippen molar-refractivity contribution in [3.63, 3.8) is 0 Å². The van der Waals surface area contributed by atoms with Crippen molar-refractivity contribution >= 4 is 0 Å². The van der Waals surface area contributed by atoms with Gasteiger partial charge in [0.05, 0.1) is 38.9 Å². The van der Waals surface area contributed by atoms with Gasteiger partial charge in [0.25, 0.3) is 0 Å². The Kier molecular flexibility index (Phi) is 6.51. The predicted octanol–water partition coefficient (Wildman–Crippen LogP) is 0.298. The molecule has 0 aromatic rings. The third-order valence-electron chi connectivity index (χ3n) is 2.19. The lowest BCUT2D eigenvalue weighted by Gasteiger charge is -2.27. The van der Waals surface area contributed by atoms with Gasteiger partial charge in [-0.2, -0.15) is 5.26 Å². The number of rotatable bonds is 7. The first-order chi connectivity index (χ1) is 6.24. The molecule has 0 unspecified atom stereocenters. The van der Waals surface area contributed by atoms with Gasteiger partial charge < -0.3 is 14.9 Å². The first kappa shape index (κ1) is 12.4. The minimum atomic E-state index is -0.546. The molecule has 0 spiro atoms. The van der Waals surface area contributed by atoms with Gasteiger partial charge in [-0.1, -0.05) is 6.92 Å². The number of aliphatic hydroxyl groups is 2. The molecule has 2 N–H and O–H groups in total. The molecule has 0 radical (unpaired) electrons. The maximum absolute atomic E-state index is 9.03. The Morgan fingerprint density at radius 3 is 2.38 bits per heavy atom. The summed E-state index contributed by atoms with van der Waals surface area (Å²) in [5.74, 6) is 0. The third-order valence-corrected chi connectivity index (χ3v) is 2.19. The van der Waals surface area contributed by atoms with Crippen LogP contribution in [0.5, 0.6) is 0 Å². The van der Waals surface area contributed by atoms with Crippen LogP contribution in [0.4, 0.5) is 0 Å². The van der Waals surface area contributed by atoms with Crippen molar-refractivity contribution in [2.24, 2.45) is 5.41 Å². The van der Waals surface area contributed by atoms with Crippen molar-refractivity contribution in [3.05, 3.63) is 0 Å². The molecule has 0 aliphatic rings. The standard InChI is InChI=1S/C9H17NO3/c1-2-9(6-11,7-12)8-13-5-3-4-10/h11-12H,2-3,5-8H2,1H3.